The van der Waals surface area contributed by atoms with Gasteiger partial charge in [-0.15, -0.1) is 0 Å². The summed E-state index contributed by atoms with van der Waals surface area (Å²) in [5.41, 5.74) is 10.4. The van der Waals surface area contributed by atoms with Crippen molar-refractivity contribution in [2.45, 2.75) is 19.3 Å². The second-order valence-corrected chi connectivity index (χ2v) is 13.6. The summed E-state index contributed by atoms with van der Waals surface area (Å²) in [5.74, 6) is 0. The molecule has 8 aromatic carbocycles. The summed E-state index contributed by atoms with van der Waals surface area (Å²) in [6.45, 7) is 4.74. The Morgan fingerprint density at radius 2 is 0.909 bits per heavy atom. The predicted octanol–water partition coefficient (Wildman–Crippen LogP) is 12.7. The molecule has 0 radical (unpaired) electrons. The molecule has 0 amide bonds. The van der Waals surface area contributed by atoms with E-state index in [4.69, 9.17) is 0 Å². The molecule has 0 saturated carbocycles. The van der Waals surface area contributed by atoms with Crippen molar-refractivity contribution in [3.63, 3.8) is 0 Å². The predicted molar refractivity (Wildman–Crippen MR) is 193 cm³/mol. The Bertz CT molecular complexity index is 2480. The van der Waals surface area contributed by atoms with Crippen LogP contribution in [0.2, 0.25) is 0 Å². The van der Waals surface area contributed by atoms with Crippen LogP contribution in [0.25, 0.3) is 76.5 Å². The maximum Gasteiger partial charge on any atom is 0.0178 e. The topological polar surface area (TPSA) is 0 Å². The van der Waals surface area contributed by atoms with E-state index in [-0.39, 0.29) is 5.41 Å². The summed E-state index contributed by atoms with van der Waals surface area (Å²) in [5, 5.41) is 10.2. The molecule has 0 heterocycles. The summed E-state index contributed by atoms with van der Waals surface area (Å²) < 4.78 is 1.13. The average molecular weight is 626 g/mol. The Balaban J connectivity index is 1.47. The van der Waals surface area contributed by atoms with Crippen molar-refractivity contribution in [1.82, 2.24) is 0 Å². The van der Waals surface area contributed by atoms with E-state index < -0.39 is 0 Å². The molecule has 1 heteroatoms. The fraction of sp³-hybridized carbons (Fsp3) is 0.0698. The first-order chi connectivity index (χ1) is 21.5. The van der Waals surface area contributed by atoms with Crippen LogP contribution in [0.1, 0.15) is 25.0 Å². The molecular weight excluding hydrogens is 596 g/mol. The van der Waals surface area contributed by atoms with Gasteiger partial charge in [0.25, 0.3) is 0 Å². The second kappa shape index (κ2) is 9.39. The maximum absolute atomic E-state index is 3.76. The van der Waals surface area contributed by atoms with Crippen molar-refractivity contribution in [3.05, 3.63) is 155 Å². The van der Waals surface area contributed by atoms with Gasteiger partial charge >= 0.3 is 0 Å². The molecule has 0 fully saturated rings. The van der Waals surface area contributed by atoms with Crippen LogP contribution in [0, 0.1) is 0 Å². The highest BCUT2D eigenvalue weighted by Gasteiger charge is 2.36. The molecule has 0 aliphatic heterocycles. The van der Waals surface area contributed by atoms with Crippen LogP contribution in [-0.4, -0.2) is 0 Å². The van der Waals surface area contributed by atoms with Gasteiger partial charge in [0.1, 0.15) is 0 Å². The highest BCUT2D eigenvalue weighted by molar-refractivity contribution is 9.10. The van der Waals surface area contributed by atoms with Crippen LogP contribution in [0.4, 0.5) is 0 Å². The van der Waals surface area contributed by atoms with Crippen LogP contribution in [0.5, 0.6) is 0 Å². The molecule has 9 rings (SSSR count). The largest absolute Gasteiger partial charge is 0.0616 e. The summed E-state index contributed by atoms with van der Waals surface area (Å²) in [6.07, 6.45) is 0. The van der Waals surface area contributed by atoms with E-state index in [0.29, 0.717) is 0 Å². The van der Waals surface area contributed by atoms with Crippen LogP contribution in [0.3, 0.4) is 0 Å². The number of hydrogen-bond acceptors (Lipinski definition) is 0. The van der Waals surface area contributed by atoms with E-state index >= 15 is 0 Å². The van der Waals surface area contributed by atoms with E-state index in [1.807, 2.05) is 0 Å². The Kier molecular flexibility index (Phi) is 5.49. The van der Waals surface area contributed by atoms with E-state index in [1.165, 1.54) is 87.6 Å². The van der Waals surface area contributed by atoms with Gasteiger partial charge in [0.05, 0.1) is 0 Å². The van der Waals surface area contributed by atoms with Crippen LogP contribution in [-0.2, 0) is 5.41 Å². The van der Waals surface area contributed by atoms with Gasteiger partial charge in [-0.2, -0.15) is 0 Å². The van der Waals surface area contributed by atoms with Gasteiger partial charge < -0.3 is 0 Å². The number of rotatable bonds is 2. The van der Waals surface area contributed by atoms with Crippen LogP contribution < -0.4 is 0 Å². The van der Waals surface area contributed by atoms with Gasteiger partial charge in [0, 0.05) is 9.89 Å². The van der Waals surface area contributed by atoms with Crippen LogP contribution in [0.15, 0.2) is 144 Å². The van der Waals surface area contributed by atoms with Crippen molar-refractivity contribution in [3.8, 4) is 33.4 Å². The summed E-state index contributed by atoms with van der Waals surface area (Å²) in [4.78, 5) is 0. The molecule has 0 spiro atoms. The van der Waals surface area contributed by atoms with Gasteiger partial charge in [-0.25, -0.2) is 0 Å². The SMILES string of the molecule is CC1(C)c2cc(Br)ccc2-c2cc3c(-c4ccc5ccccc5c4)c4ccccc4c(-c4ccc5ccccc5c4)c3cc21. The van der Waals surface area contributed by atoms with Gasteiger partial charge in [-0.3, -0.25) is 0 Å². The average Bonchev–Trinajstić information content (AvgIpc) is 3.27. The Labute approximate surface area is 265 Å². The molecule has 1 aliphatic rings. The Morgan fingerprint density at radius 3 is 1.50 bits per heavy atom. The fourth-order valence-electron chi connectivity index (χ4n) is 7.69. The molecule has 0 unspecified atom stereocenters. The van der Waals surface area contributed by atoms with Crippen molar-refractivity contribution >= 4 is 59.0 Å². The van der Waals surface area contributed by atoms with Gasteiger partial charge in [0.15, 0.2) is 0 Å². The van der Waals surface area contributed by atoms with Crippen molar-refractivity contribution < 1.29 is 0 Å². The second-order valence-electron chi connectivity index (χ2n) is 12.7. The first kappa shape index (κ1) is 25.7. The van der Waals surface area contributed by atoms with E-state index in [9.17, 15) is 0 Å². The lowest BCUT2D eigenvalue weighted by Crippen LogP contribution is -2.15. The first-order valence-corrected chi connectivity index (χ1v) is 16.1. The Hall–Kier alpha value is -4.72. The molecule has 0 saturated heterocycles. The highest BCUT2D eigenvalue weighted by Crippen LogP contribution is 2.53. The third kappa shape index (κ3) is 3.69. The highest BCUT2D eigenvalue weighted by atomic mass is 79.9. The number of halogens is 1. The summed E-state index contributed by atoms with van der Waals surface area (Å²) in [6, 6.07) is 52.0. The standard InChI is InChI=1S/C43H29Br/c1-43(2)39-23-32(44)19-20-33(39)36-24-37-38(25-40(36)43)42(31-18-16-27-10-4-6-12-29(27)22-31)35-14-8-7-13-34(35)41(37)30-17-15-26-9-3-5-11-28(26)21-30/h3-25H,1-2H3. The zero-order valence-corrected chi connectivity index (χ0v) is 26.2. The summed E-state index contributed by atoms with van der Waals surface area (Å²) in [7, 11) is 0. The normalized spacial score (nSPS) is 13.5. The summed E-state index contributed by atoms with van der Waals surface area (Å²) >= 11 is 3.76. The minimum Gasteiger partial charge on any atom is -0.0616 e. The van der Waals surface area contributed by atoms with E-state index in [0.717, 1.165) is 4.47 Å². The molecule has 8 aromatic rings. The fourth-order valence-corrected chi connectivity index (χ4v) is 8.05. The number of hydrogen-bond donors (Lipinski definition) is 0. The minimum atomic E-state index is -0.113. The van der Waals surface area contributed by atoms with Crippen molar-refractivity contribution in [2.75, 3.05) is 0 Å². The van der Waals surface area contributed by atoms with Crippen molar-refractivity contribution in [2.24, 2.45) is 0 Å². The maximum atomic E-state index is 3.76. The van der Waals surface area contributed by atoms with Gasteiger partial charge in [0.2, 0.25) is 0 Å². The lowest BCUT2D eigenvalue weighted by molar-refractivity contribution is 0.661. The molecule has 0 nitrogen and oxygen atoms in total. The van der Waals surface area contributed by atoms with E-state index in [1.54, 1.807) is 0 Å². The molecule has 208 valence electrons. The quantitative estimate of drug-likeness (QED) is 0.168. The zero-order chi connectivity index (χ0) is 29.6. The van der Waals surface area contributed by atoms with Crippen molar-refractivity contribution in [1.29, 1.82) is 0 Å². The number of benzene rings is 8. The van der Waals surface area contributed by atoms with E-state index in [2.05, 4.69) is 169 Å². The zero-order valence-electron chi connectivity index (χ0n) is 24.7. The van der Waals surface area contributed by atoms with Gasteiger partial charge in [-0.1, -0.05) is 133 Å². The third-order valence-electron chi connectivity index (χ3n) is 9.86. The number of fused-ring (bicyclic) bond motifs is 7. The smallest absolute Gasteiger partial charge is 0.0178 e. The Morgan fingerprint density at radius 1 is 0.409 bits per heavy atom. The lowest BCUT2D eigenvalue weighted by Gasteiger charge is -2.24. The van der Waals surface area contributed by atoms with Crippen LogP contribution >= 0.6 is 15.9 Å². The molecular formula is C43H29Br. The molecule has 0 atom stereocenters. The first-order valence-electron chi connectivity index (χ1n) is 15.3. The molecule has 44 heavy (non-hydrogen) atoms. The molecule has 0 bridgehead atoms. The lowest BCUT2D eigenvalue weighted by atomic mass is 9.79. The molecule has 0 aromatic heterocycles. The third-order valence-corrected chi connectivity index (χ3v) is 10.4. The molecule has 0 N–H and O–H groups in total. The monoisotopic (exact) mass is 624 g/mol. The minimum absolute atomic E-state index is 0.113. The van der Waals surface area contributed by atoms with Gasteiger partial charge in [-0.05, 0) is 124 Å². The molecule has 1 aliphatic carbocycles.